The fourth-order valence-electron chi connectivity index (χ4n) is 2.17. The van der Waals surface area contributed by atoms with Gasteiger partial charge < -0.3 is 21.1 Å². The topological polar surface area (TPSA) is 106 Å². The highest BCUT2D eigenvalue weighted by atomic mass is 35.5. The SMILES string of the molecule is CCNc1ccc(C(=O)OCC)cc1NC(=O)c1csc(CCN)n1.Cl. The number of esters is 1. The number of amides is 1. The zero-order valence-electron chi connectivity index (χ0n) is 14.7. The average Bonchev–Trinajstić information content (AvgIpc) is 3.06. The Labute approximate surface area is 162 Å². The molecule has 2 aromatic rings. The zero-order chi connectivity index (χ0) is 18.2. The Kier molecular flexibility index (Phi) is 9.04. The molecule has 1 aromatic carbocycles. The molecule has 1 amide bonds. The van der Waals surface area contributed by atoms with Crippen molar-refractivity contribution >= 4 is 47.0 Å². The Bertz CT molecular complexity index is 751. The van der Waals surface area contributed by atoms with Gasteiger partial charge in [-0.2, -0.15) is 0 Å². The fraction of sp³-hybridized carbons (Fsp3) is 0.353. The number of anilines is 2. The summed E-state index contributed by atoms with van der Waals surface area (Å²) in [5, 5.41) is 8.48. The van der Waals surface area contributed by atoms with Crippen LogP contribution in [-0.4, -0.2) is 36.6 Å². The van der Waals surface area contributed by atoms with Gasteiger partial charge in [-0.3, -0.25) is 4.79 Å². The van der Waals surface area contributed by atoms with Gasteiger partial charge in [-0.1, -0.05) is 0 Å². The van der Waals surface area contributed by atoms with Crippen LogP contribution in [0.3, 0.4) is 0 Å². The van der Waals surface area contributed by atoms with Crippen molar-refractivity contribution in [3.8, 4) is 0 Å². The quantitative estimate of drug-likeness (QED) is 0.590. The number of nitrogens with zero attached hydrogens (tertiary/aromatic N) is 1. The molecule has 7 nitrogen and oxygen atoms in total. The van der Waals surface area contributed by atoms with Crippen molar-refractivity contribution in [3.05, 3.63) is 39.8 Å². The molecule has 0 aliphatic carbocycles. The molecule has 0 saturated carbocycles. The third-order valence-electron chi connectivity index (χ3n) is 3.29. The first kappa shape index (κ1) is 21.9. The van der Waals surface area contributed by atoms with Crippen LogP contribution in [0.15, 0.2) is 23.6 Å². The van der Waals surface area contributed by atoms with Crippen LogP contribution in [0.1, 0.15) is 39.7 Å². The highest BCUT2D eigenvalue weighted by Crippen LogP contribution is 2.25. The lowest BCUT2D eigenvalue weighted by molar-refractivity contribution is 0.0526. The number of thiazole rings is 1. The number of benzene rings is 1. The van der Waals surface area contributed by atoms with E-state index in [0.717, 1.165) is 10.7 Å². The maximum absolute atomic E-state index is 12.5. The van der Waals surface area contributed by atoms with E-state index in [0.29, 0.717) is 36.5 Å². The van der Waals surface area contributed by atoms with E-state index in [1.165, 1.54) is 11.3 Å². The van der Waals surface area contributed by atoms with Crippen molar-refractivity contribution in [2.45, 2.75) is 20.3 Å². The summed E-state index contributed by atoms with van der Waals surface area (Å²) in [4.78, 5) is 28.6. The van der Waals surface area contributed by atoms with Crippen LogP contribution in [-0.2, 0) is 11.2 Å². The highest BCUT2D eigenvalue weighted by Gasteiger charge is 2.15. The smallest absolute Gasteiger partial charge is 0.338 e. The van der Waals surface area contributed by atoms with Crippen molar-refractivity contribution in [3.63, 3.8) is 0 Å². The molecule has 1 heterocycles. The molecular weight excluding hydrogens is 376 g/mol. The van der Waals surface area contributed by atoms with Crippen LogP contribution in [0.2, 0.25) is 0 Å². The van der Waals surface area contributed by atoms with Gasteiger partial charge in [0.1, 0.15) is 5.69 Å². The first-order valence-electron chi connectivity index (χ1n) is 8.09. The van der Waals surface area contributed by atoms with Gasteiger partial charge >= 0.3 is 5.97 Å². The van der Waals surface area contributed by atoms with Crippen LogP contribution < -0.4 is 16.4 Å². The summed E-state index contributed by atoms with van der Waals surface area (Å²) < 4.78 is 5.01. The first-order chi connectivity index (χ1) is 12.1. The third-order valence-corrected chi connectivity index (χ3v) is 4.20. The minimum absolute atomic E-state index is 0. The third kappa shape index (κ3) is 5.69. The van der Waals surface area contributed by atoms with Crippen molar-refractivity contribution in [1.29, 1.82) is 0 Å². The number of rotatable bonds is 8. The van der Waals surface area contributed by atoms with Gasteiger partial charge in [0.25, 0.3) is 5.91 Å². The normalized spacial score (nSPS) is 9.96. The summed E-state index contributed by atoms with van der Waals surface area (Å²) in [6.07, 6.45) is 0.638. The zero-order valence-corrected chi connectivity index (χ0v) is 16.3. The number of aromatic nitrogens is 1. The van der Waals surface area contributed by atoms with E-state index in [-0.39, 0.29) is 24.9 Å². The molecule has 0 saturated heterocycles. The van der Waals surface area contributed by atoms with Gasteiger partial charge in [0, 0.05) is 18.3 Å². The van der Waals surface area contributed by atoms with Crippen LogP contribution in [0.4, 0.5) is 11.4 Å². The molecule has 0 bridgehead atoms. The number of hydrogen-bond donors (Lipinski definition) is 3. The lowest BCUT2D eigenvalue weighted by Crippen LogP contribution is -2.15. The second-order valence-corrected chi connectivity index (χ2v) is 6.07. The minimum atomic E-state index is -0.431. The Morgan fingerprint density at radius 3 is 2.69 bits per heavy atom. The van der Waals surface area contributed by atoms with Crippen LogP contribution in [0.25, 0.3) is 0 Å². The van der Waals surface area contributed by atoms with E-state index in [2.05, 4.69) is 15.6 Å². The Balaban J connectivity index is 0.00000338. The predicted octanol–water partition coefficient (Wildman–Crippen LogP) is 2.93. The molecule has 0 atom stereocenters. The van der Waals surface area contributed by atoms with E-state index < -0.39 is 5.97 Å². The van der Waals surface area contributed by atoms with Gasteiger partial charge in [-0.05, 0) is 38.6 Å². The number of hydrogen-bond acceptors (Lipinski definition) is 7. The van der Waals surface area contributed by atoms with Crippen molar-refractivity contribution < 1.29 is 14.3 Å². The monoisotopic (exact) mass is 398 g/mol. The second kappa shape index (κ2) is 10.7. The van der Waals surface area contributed by atoms with E-state index >= 15 is 0 Å². The Morgan fingerprint density at radius 1 is 1.27 bits per heavy atom. The predicted molar refractivity (Wildman–Crippen MR) is 107 cm³/mol. The molecule has 0 fully saturated rings. The molecule has 1 aromatic heterocycles. The number of carbonyl (C=O) groups is 2. The summed E-state index contributed by atoms with van der Waals surface area (Å²) >= 11 is 1.40. The summed E-state index contributed by atoms with van der Waals surface area (Å²) in [5.74, 6) is -0.764. The van der Waals surface area contributed by atoms with Gasteiger partial charge in [0.05, 0.1) is 28.6 Å². The number of nitrogens with two attached hydrogens (primary N) is 1. The Morgan fingerprint density at radius 2 is 2.04 bits per heavy atom. The molecule has 0 aliphatic rings. The fourth-order valence-corrected chi connectivity index (χ4v) is 2.97. The van der Waals surface area contributed by atoms with Gasteiger partial charge in [0.15, 0.2) is 0 Å². The molecule has 2 rings (SSSR count). The van der Waals surface area contributed by atoms with Crippen molar-refractivity contribution in [1.82, 2.24) is 4.98 Å². The molecule has 0 aliphatic heterocycles. The maximum Gasteiger partial charge on any atom is 0.338 e. The van der Waals surface area contributed by atoms with Crippen molar-refractivity contribution in [2.75, 3.05) is 30.3 Å². The molecule has 142 valence electrons. The number of ether oxygens (including phenoxy) is 1. The molecule has 4 N–H and O–H groups in total. The number of carbonyl (C=O) groups excluding carboxylic acids is 2. The van der Waals surface area contributed by atoms with Gasteiger partial charge in [-0.25, -0.2) is 9.78 Å². The standard InChI is InChI=1S/C17H22N4O3S.ClH/c1-3-19-12-6-5-11(17(23)24-4-2)9-13(12)21-16(22)14-10-25-15(20-14)7-8-18;/h5-6,9-10,19H,3-4,7-8,18H2,1-2H3,(H,21,22);1H. The van der Waals surface area contributed by atoms with Crippen LogP contribution in [0.5, 0.6) is 0 Å². The first-order valence-corrected chi connectivity index (χ1v) is 8.97. The summed E-state index contributed by atoms with van der Waals surface area (Å²) in [5.41, 5.74) is 7.44. The molecule has 0 radical (unpaired) electrons. The Hall–Kier alpha value is -2.16. The van der Waals surface area contributed by atoms with E-state index in [1.54, 1.807) is 30.5 Å². The molecule has 0 spiro atoms. The van der Waals surface area contributed by atoms with Gasteiger partial charge in [0.2, 0.25) is 0 Å². The van der Waals surface area contributed by atoms with Crippen LogP contribution >= 0.6 is 23.7 Å². The van der Waals surface area contributed by atoms with Crippen LogP contribution in [0, 0.1) is 0 Å². The van der Waals surface area contributed by atoms with E-state index in [1.807, 2.05) is 6.92 Å². The lowest BCUT2D eigenvalue weighted by Gasteiger charge is -2.13. The van der Waals surface area contributed by atoms with Gasteiger partial charge in [-0.15, -0.1) is 23.7 Å². The highest BCUT2D eigenvalue weighted by molar-refractivity contribution is 7.09. The molecule has 9 heteroatoms. The average molecular weight is 399 g/mol. The summed E-state index contributed by atoms with van der Waals surface area (Å²) in [7, 11) is 0. The van der Waals surface area contributed by atoms with E-state index in [9.17, 15) is 9.59 Å². The lowest BCUT2D eigenvalue weighted by atomic mass is 10.1. The van der Waals surface area contributed by atoms with Crippen molar-refractivity contribution in [2.24, 2.45) is 5.73 Å². The molecule has 0 unspecified atom stereocenters. The number of nitrogens with one attached hydrogen (secondary N) is 2. The maximum atomic E-state index is 12.5. The largest absolute Gasteiger partial charge is 0.462 e. The summed E-state index contributed by atoms with van der Waals surface area (Å²) in [6, 6.07) is 5.00. The molecular formula is C17H23ClN4O3S. The van der Waals surface area contributed by atoms with E-state index in [4.69, 9.17) is 10.5 Å². The summed E-state index contributed by atoms with van der Waals surface area (Å²) in [6.45, 7) is 5.15. The second-order valence-electron chi connectivity index (χ2n) is 5.13. The molecule has 26 heavy (non-hydrogen) atoms. The minimum Gasteiger partial charge on any atom is -0.462 e. The number of halogens is 1.